The Balaban J connectivity index is 2.03. The molecule has 2 N–H and O–H groups in total. The summed E-state index contributed by atoms with van der Waals surface area (Å²) in [5.41, 5.74) is 2.18. The van der Waals surface area contributed by atoms with Gasteiger partial charge in [-0.15, -0.1) is 0 Å². The quantitative estimate of drug-likeness (QED) is 0.812. The van der Waals surface area contributed by atoms with Gasteiger partial charge in [-0.2, -0.15) is 0 Å². The van der Waals surface area contributed by atoms with Crippen molar-refractivity contribution in [2.24, 2.45) is 0 Å². The van der Waals surface area contributed by atoms with Crippen molar-refractivity contribution < 1.29 is 9.84 Å². The maximum Gasteiger partial charge on any atom is 0.122 e. The van der Waals surface area contributed by atoms with E-state index in [1.807, 2.05) is 12.1 Å². The Morgan fingerprint density at radius 1 is 1.44 bits per heavy atom. The molecule has 1 aliphatic heterocycles. The lowest BCUT2D eigenvalue weighted by molar-refractivity contribution is 0.171. The van der Waals surface area contributed by atoms with E-state index in [0.29, 0.717) is 12.6 Å². The van der Waals surface area contributed by atoms with Gasteiger partial charge in [0.25, 0.3) is 0 Å². The van der Waals surface area contributed by atoms with Gasteiger partial charge in [0, 0.05) is 19.0 Å². The van der Waals surface area contributed by atoms with E-state index >= 15 is 0 Å². The van der Waals surface area contributed by atoms with Gasteiger partial charge in [0.2, 0.25) is 0 Å². The predicted octanol–water partition coefficient (Wildman–Crippen LogP) is 1.65. The fraction of sp³-hybridized carbons (Fsp3) is 0.538. The summed E-state index contributed by atoms with van der Waals surface area (Å²) >= 11 is 0. The Kier molecular flexibility index (Phi) is 3.46. The standard InChI is InChI=1S/C13H19NO2/c1-9(2)14-8-12(15)10-3-4-13-11(7-10)5-6-16-13/h3-4,7,9,12,14-15H,5-6,8H2,1-2H3. The van der Waals surface area contributed by atoms with Gasteiger partial charge in [-0.1, -0.05) is 19.9 Å². The Bertz CT molecular complexity index is 363. The van der Waals surface area contributed by atoms with Crippen molar-refractivity contribution in [3.63, 3.8) is 0 Å². The predicted molar refractivity (Wildman–Crippen MR) is 63.7 cm³/mol. The third kappa shape index (κ3) is 2.54. The molecule has 0 aromatic heterocycles. The molecule has 0 saturated heterocycles. The third-order valence-corrected chi connectivity index (χ3v) is 2.82. The first-order valence-corrected chi connectivity index (χ1v) is 5.84. The molecule has 0 amide bonds. The highest BCUT2D eigenvalue weighted by Gasteiger charge is 2.15. The summed E-state index contributed by atoms with van der Waals surface area (Å²) in [5.74, 6) is 0.966. The van der Waals surface area contributed by atoms with E-state index in [9.17, 15) is 5.11 Å². The summed E-state index contributed by atoms with van der Waals surface area (Å²) in [7, 11) is 0. The van der Waals surface area contributed by atoms with Crippen LogP contribution in [0.3, 0.4) is 0 Å². The maximum atomic E-state index is 10.00. The molecule has 1 aliphatic rings. The molecule has 0 bridgehead atoms. The number of ether oxygens (including phenoxy) is 1. The fourth-order valence-electron chi connectivity index (χ4n) is 1.88. The first kappa shape index (κ1) is 11.4. The van der Waals surface area contributed by atoms with Crippen LogP contribution in [0.15, 0.2) is 18.2 Å². The molecular weight excluding hydrogens is 202 g/mol. The molecule has 0 radical (unpaired) electrons. The molecule has 2 rings (SSSR count). The van der Waals surface area contributed by atoms with Crippen LogP contribution in [0, 0.1) is 0 Å². The highest BCUT2D eigenvalue weighted by molar-refractivity contribution is 5.40. The Morgan fingerprint density at radius 3 is 3.00 bits per heavy atom. The molecule has 88 valence electrons. The summed E-state index contributed by atoms with van der Waals surface area (Å²) in [5, 5.41) is 13.2. The third-order valence-electron chi connectivity index (χ3n) is 2.82. The Labute approximate surface area is 96.4 Å². The minimum Gasteiger partial charge on any atom is -0.493 e. The monoisotopic (exact) mass is 221 g/mol. The second kappa shape index (κ2) is 4.85. The fourth-order valence-corrected chi connectivity index (χ4v) is 1.88. The topological polar surface area (TPSA) is 41.5 Å². The van der Waals surface area contributed by atoms with E-state index in [1.54, 1.807) is 0 Å². The van der Waals surface area contributed by atoms with Crippen molar-refractivity contribution in [1.82, 2.24) is 5.32 Å². The Hall–Kier alpha value is -1.06. The van der Waals surface area contributed by atoms with Crippen LogP contribution in [0.5, 0.6) is 5.75 Å². The van der Waals surface area contributed by atoms with Gasteiger partial charge >= 0.3 is 0 Å². The van der Waals surface area contributed by atoms with Gasteiger partial charge < -0.3 is 15.2 Å². The average molecular weight is 221 g/mol. The molecular formula is C13H19NO2. The molecule has 0 aliphatic carbocycles. The van der Waals surface area contributed by atoms with Crippen LogP contribution in [0.25, 0.3) is 0 Å². The molecule has 1 atom stereocenters. The zero-order chi connectivity index (χ0) is 11.5. The van der Waals surface area contributed by atoms with Crippen LogP contribution in [-0.2, 0) is 6.42 Å². The van der Waals surface area contributed by atoms with E-state index in [1.165, 1.54) is 5.56 Å². The number of rotatable bonds is 4. The van der Waals surface area contributed by atoms with Crippen molar-refractivity contribution in [3.05, 3.63) is 29.3 Å². The highest BCUT2D eigenvalue weighted by Crippen LogP contribution is 2.27. The molecule has 3 nitrogen and oxygen atoms in total. The van der Waals surface area contributed by atoms with Crippen LogP contribution < -0.4 is 10.1 Å². The average Bonchev–Trinajstić information content (AvgIpc) is 2.72. The van der Waals surface area contributed by atoms with Gasteiger partial charge in [0.05, 0.1) is 12.7 Å². The summed E-state index contributed by atoms with van der Waals surface area (Å²) < 4.78 is 5.43. The lowest BCUT2D eigenvalue weighted by Gasteiger charge is -2.15. The number of benzene rings is 1. The number of aliphatic hydroxyl groups is 1. The van der Waals surface area contributed by atoms with E-state index < -0.39 is 6.10 Å². The normalized spacial score (nSPS) is 16.0. The first-order chi connectivity index (χ1) is 7.66. The number of hydrogen-bond acceptors (Lipinski definition) is 3. The lowest BCUT2D eigenvalue weighted by Crippen LogP contribution is -2.27. The molecule has 1 aromatic rings. The zero-order valence-electron chi connectivity index (χ0n) is 9.86. The van der Waals surface area contributed by atoms with Crippen LogP contribution in [0.4, 0.5) is 0 Å². The van der Waals surface area contributed by atoms with E-state index in [2.05, 4.69) is 25.2 Å². The largest absolute Gasteiger partial charge is 0.493 e. The van der Waals surface area contributed by atoms with Crippen LogP contribution in [0.1, 0.15) is 31.1 Å². The Morgan fingerprint density at radius 2 is 2.25 bits per heavy atom. The van der Waals surface area contributed by atoms with Crippen molar-refractivity contribution in [2.45, 2.75) is 32.4 Å². The van der Waals surface area contributed by atoms with E-state index in [-0.39, 0.29) is 0 Å². The molecule has 16 heavy (non-hydrogen) atoms. The number of nitrogens with one attached hydrogen (secondary N) is 1. The first-order valence-electron chi connectivity index (χ1n) is 5.84. The number of fused-ring (bicyclic) bond motifs is 1. The zero-order valence-corrected chi connectivity index (χ0v) is 9.86. The molecule has 1 heterocycles. The molecule has 0 spiro atoms. The molecule has 1 aromatic carbocycles. The van der Waals surface area contributed by atoms with Gasteiger partial charge in [-0.25, -0.2) is 0 Å². The minimum absolute atomic E-state index is 0.396. The van der Waals surface area contributed by atoms with Gasteiger partial charge in [-0.3, -0.25) is 0 Å². The summed E-state index contributed by atoms with van der Waals surface area (Å²) in [4.78, 5) is 0. The molecule has 0 saturated carbocycles. The van der Waals surface area contributed by atoms with Crippen molar-refractivity contribution >= 4 is 0 Å². The van der Waals surface area contributed by atoms with Crippen molar-refractivity contribution in [3.8, 4) is 5.75 Å². The van der Waals surface area contributed by atoms with Crippen LogP contribution >= 0.6 is 0 Å². The second-order valence-electron chi connectivity index (χ2n) is 4.54. The second-order valence-corrected chi connectivity index (χ2v) is 4.54. The SMILES string of the molecule is CC(C)NCC(O)c1ccc2c(c1)CCO2. The number of aliphatic hydroxyl groups excluding tert-OH is 1. The molecule has 0 fully saturated rings. The maximum absolute atomic E-state index is 10.00. The smallest absolute Gasteiger partial charge is 0.122 e. The van der Waals surface area contributed by atoms with Gasteiger partial charge in [-0.05, 0) is 23.3 Å². The lowest BCUT2D eigenvalue weighted by atomic mass is 10.0. The summed E-state index contributed by atoms with van der Waals surface area (Å²) in [6, 6.07) is 6.34. The minimum atomic E-state index is -0.437. The molecule has 3 heteroatoms. The van der Waals surface area contributed by atoms with Crippen LogP contribution in [0.2, 0.25) is 0 Å². The summed E-state index contributed by atoms with van der Waals surface area (Å²) in [6.45, 7) is 5.50. The van der Waals surface area contributed by atoms with Crippen LogP contribution in [-0.4, -0.2) is 24.3 Å². The van der Waals surface area contributed by atoms with E-state index in [4.69, 9.17) is 4.74 Å². The number of hydrogen-bond donors (Lipinski definition) is 2. The van der Waals surface area contributed by atoms with E-state index in [0.717, 1.165) is 24.3 Å². The molecule has 1 unspecified atom stereocenters. The van der Waals surface area contributed by atoms with Crippen molar-refractivity contribution in [2.75, 3.05) is 13.2 Å². The van der Waals surface area contributed by atoms with Gasteiger partial charge in [0.1, 0.15) is 5.75 Å². The summed E-state index contributed by atoms with van der Waals surface area (Å²) in [6.07, 6.45) is 0.515. The van der Waals surface area contributed by atoms with Gasteiger partial charge in [0.15, 0.2) is 0 Å². The highest BCUT2D eigenvalue weighted by atomic mass is 16.5. The van der Waals surface area contributed by atoms with Crippen molar-refractivity contribution in [1.29, 1.82) is 0 Å².